The van der Waals surface area contributed by atoms with E-state index in [0.29, 0.717) is 31.3 Å². The molecule has 7 rings (SSSR count). The molecule has 2 aromatic heterocycles. The fourth-order valence-corrected chi connectivity index (χ4v) is 7.28. The average molecular weight is 617 g/mol. The van der Waals surface area contributed by atoms with Crippen molar-refractivity contribution in [3.05, 3.63) is 47.7 Å². The molecule has 0 aliphatic carbocycles. The van der Waals surface area contributed by atoms with Gasteiger partial charge in [-0.2, -0.15) is 4.98 Å². The summed E-state index contributed by atoms with van der Waals surface area (Å²) < 4.78 is 52.0. The van der Waals surface area contributed by atoms with Crippen LogP contribution in [0.2, 0.25) is 0 Å². The fourth-order valence-electron chi connectivity index (χ4n) is 7.28. The van der Waals surface area contributed by atoms with Crippen molar-refractivity contribution in [2.75, 3.05) is 38.2 Å². The predicted octanol–water partition coefficient (Wildman–Crippen LogP) is 4.48. The number of alkyl halides is 1. The molecule has 12 heteroatoms. The van der Waals surface area contributed by atoms with Gasteiger partial charge in [0.15, 0.2) is 5.82 Å². The number of fused-ring (bicyclic) bond motifs is 3. The molecular weight excluding hydrogens is 585 g/mol. The van der Waals surface area contributed by atoms with Gasteiger partial charge in [0.2, 0.25) is 5.91 Å². The van der Waals surface area contributed by atoms with Crippen molar-refractivity contribution in [3.8, 4) is 35.4 Å². The molecule has 5 heterocycles. The number of nitrogens with zero attached hydrogens (tertiary/aromatic N) is 5. The summed E-state index contributed by atoms with van der Waals surface area (Å²) in [6, 6.07) is 5.21. The summed E-state index contributed by atoms with van der Waals surface area (Å²) in [5, 5.41) is 14.1. The van der Waals surface area contributed by atoms with Crippen LogP contribution in [0.4, 0.5) is 19.0 Å². The number of hydrogen-bond acceptors (Lipinski definition) is 8. The number of benzene rings is 2. The number of pyridine rings is 1. The second-order valence-electron chi connectivity index (χ2n) is 12.3. The molecule has 0 saturated carbocycles. The molecule has 2 aromatic carbocycles. The maximum Gasteiger partial charge on any atom is 0.317 e. The van der Waals surface area contributed by atoms with Crippen LogP contribution in [-0.4, -0.2) is 81.4 Å². The molecule has 0 spiro atoms. The van der Waals surface area contributed by atoms with Crippen molar-refractivity contribution in [2.45, 2.75) is 49.9 Å². The van der Waals surface area contributed by atoms with Crippen LogP contribution in [0.5, 0.6) is 11.8 Å². The normalized spacial score (nSPS) is 24.4. The summed E-state index contributed by atoms with van der Waals surface area (Å²) >= 11 is 0. The van der Waals surface area contributed by atoms with E-state index in [9.17, 15) is 18.7 Å². The highest BCUT2D eigenvalue weighted by molar-refractivity contribution is 6.04. The topological polar surface area (TPSA) is 104 Å². The zero-order chi connectivity index (χ0) is 31.7. The van der Waals surface area contributed by atoms with Crippen molar-refractivity contribution in [1.82, 2.24) is 25.2 Å². The van der Waals surface area contributed by atoms with E-state index in [1.807, 2.05) is 0 Å². The molecule has 0 unspecified atom stereocenters. The van der Waals surface area contributed by atoms with Crippen LogP contribution in [-0.2, 0) is 4.79 Å². The summed E-state index contributed by atoms with van der Waals surface area (Å²) in [6.07, 6.45) is 8.72. The molecule has 232 valence electrons. The molecule has 4 aromatic rings. The van der Waals surface area contributed by atoms with Crippen LogP contribution in [0.25, 0.3) is 32.9 Å². The first kappa shape index (κ1) is 29.1. The Bertz CT molecular complexity index is 1930. The molecule has 1 amide bonds. The molecule has 3 saturated heterocycles. The number of rotatable bonds is 6. The van der Waals surface area contributed by atoms with Gasteiger partial charge >= 0.3 is 6.01 Å². The lowest BCUT2D eigenvalue weighted by molar-refractivity contribution is -0.127. The van der Waals surface area contributed by atoms with Crippen molar-refractivity contribution < 1.29 is 27.8 Å². The second kappa shape index (κ2) is 10.5. The van der Waals surface area contributed by atoms with E-state index < -0.39 is 28.9 Å². The number of ether oxygens (including phenoxy) is 1. The Balaban J connectivity index is 1.42. The minimum Gasteiger partial charge on any atom is -0.508 e. The van der Waals surface area contributed by atoms with Crippen LogP contribution < -0.4 is 15.0 Å². The highest BCUT2D eigenvalue weighted by Gasteiger charge is 2.50. The van der Waals surface area contributed by atoms with Crippen molar-refractivity contribution in [1.29, 1.82) is 0 Å². The highest BCUT2D eigenvalue weighted by atomic mass is 19.1. The molecule has 3 aliphatic rings. The third kappa shape index (κ3) is 4.43. The van der Waals surface area contributed by atoms with Gasteiger partial charge in [-0.1, -0.05) is 12.0 Å². The van der Waals surface area contributed by atoms with E-state index in [-0.39, 0.29) is 63.2 Å². The Morgan fingerprint density at radius 1 is 1.24 bits per heavy atom. The monoisotopic (exact) mass is 616 g/mol. The number of carbonyl (C=O) groups excluding carboxylic acids is 1. The van der Waals surface area contributed by atoms with Crippen molar-refractivity contribution in [2.24, 2.45) is 0 Å². The Morgan fingerprint density at radius 2 is 2.07 bits per heavy atom. The number of likely N-dealkylation sites (N-methyl/N-ethyl adjacent to an activating group) is 1. The third-order valence-electron chi connectivity index (χ3n) is 9.71. The van der Waals surface area contributed by atoms with Gasteiger partial charge in [0.25, 0.3) is 0 Å². The molecule has 2 N–H and O–H groups in total. The number of anilines is 1. The van der Waals surface area contributed by atoms with Gasteiger partial charge in [0.05, 0.1) is 16.5 Å². The standard InChI is InChI=1S/C33H31F3N6O3/c1-4-21-24(35)7-6-18-12-20(43)13-22(25(18)21)27-26(36)28-23(29(39-27)42-11-9-32(42,2)30(44)37-3)15-38-31(40-28)45-17-33-8-5-10-41(33)16-19(34)14-33/h1,6-7,12-13,15,19,43H,5,8-11,14,16-17H2,2-3H3,(H,37,44)/t19-,32+,33+/m1/s1. The lowest BCUT2D eigenvalue weighted by Gasteiger charge is -2.50. The van der Waals surface area contributed by atoms with Crippen LogP contribution in [0.1, 0.15) is 38.2 Å². The second-order valence-corrected chi connectivity index (χ2v) is 12.3. The van der Waals surface area contributed by atoms with Gasteiger partial charge in [-0.15, -0.1) is 6.42 Å². The summed E-state index contributed by atoms with van der Waals surface area (Å²) in [5.74, 6) is 0.570. The molecule has 0 bridgehead atoms. The minimum atomic E-state index is -0.994. The van der Waals surface area contributed by atoms with Crippen molar-refractivity contribution in [3.63, 3.8) is 0 Å². The van der Waals surface area contributed by atoms with E-state index in [4.69, 9.17) is 16.1 Å². The van der Waals surface area contributed by atoms with Crippen LogP contribution >= 0.6 is 0 Å². The van der Waals surface area contributed by atoms with E-state index >= 15 is 4.39 Å². The van der Waals surface area contributed by atoms with E-state index in [1.165, 1.54) is 37.5 Å². The SMILES string of the molecule is C#Cc1c(F)ccc2cc(O)cc(-c3nc(N4CC[C@@]4(C)C(=O)NC)c4cnc(OC[C@@]56CCCN5C[C@H](F)C6)nc4c3F)c12. The molecule has 3 fully saturated rings. The molecule has 45 heavy (non-hydrogen) atoms. The zero-order valence-corrected chi connectivity index (χ0v) is 24.8. The van der Waals surface area contributed by atoms with Crippen LogP contribution in [0.15, 0.2) is 30.5 Å². The number of terminal acetylenes is 1. The fraction of sp³-hybridized carbons (Fsp3) is 0.394. The number of halogens is 3. The van der Waals surface area contributed by atoms with Gasteiger partial charge in [0.1, 0.15) is 46.9 Å². The maximum absolute atomic E-state index is 16.7. The Kier molecular flexibility index (Phi) is 6.78. The lowest BCUT2D eigenvalue weighted by Crippen LogP contribution is -2.66. The smallest absolute Gasteiger partial charge is 0.317 e. The number of nitrogens with one attached hydrogen (secondary N) is 1. The number of amides is 1. The van der Waals surface area contributed by atoms with E-state index in [0.717, 1.165) is 19.4 Å². The molecular formula is C33H31F3N6O3. The Labute approximate surface area is 257 Å². The molecule has 0 radical (unpaired) electrons. The van der Waals surface area contributed by atoms with E-state index in [1.54, 1.807) is 11.8 Å². The Hall–Kier alpha value is -4.63. The first-order valence-electron chi connectivity index (χ1n) is 14.9. The first-order chi connectivity index (χ1) is 21.6. The van der Waals surface area contributed by atoms with Gasteiger partial charge < -0.3 is 20.1 Å². The minimum absolute atomic E-state index is 0.0572. The van der Waals surface area contributed by atoms with E-state index in [2.05, 4.69) is 26.1 Å². The first-order valence-corrected chi connectivity index (χ1v) is 14.9. The number of aromatic nitrogens is 3. The third-order valence-corrected chi connectivity index (χ3v) is 9.71. The van der Waals surface area contributed by atoms with Crippen LogP contribution in [0.3, 0.4) is 0 Å². The summed E-state index contributed by atoms with van der Waals surface area (Å²) in [6.45, 7) is 3.48. The molecule has 3 atom stereocenters. The largest absolute Gasteiger partial charge is 0.508 e. The zero-order valence-electron chi connectivity index (χ0n) is 24.8. The lowest BCUT2D eigenvalue weighted by atomic mass is 9.85. The quantitative estimate of drug-likeness (QED) is 0.306. The van der Waals surface area contributed by atoms with Gasteiger partial charge in [-0.05, 0) is 56.3 Å². The number of hydrogen-bond donors (Lipinski definition) is 2. The highest BCUT2D eigenvalue weighted by Crippen LogP contribution is 2.44. The summed E-state index contributed by atoms with van der Waals surface area (Å²) in [4.78, 5) is 30.3. The average Bonchev–Trinajstić information content (AvgIpc) is 3.55. The van der Waals surface area contributed by atoms with Crippen LogP contribution in [0, 0.1) is 24.0 Å². The van der Waals surface area contributed by atoms with Gasteiger partial charge in [-0.25, -0.2) is 23.1 Å². The predicted molar refractivity (Wildman–Crippen MR) is 163 cm³/mol. The summed E-state index contributed by atoms with van der Waals surface area (Å²) in [7, 11) is 1.54. The number of aromatic hydroxyl groups is 1. The summed E-state index contributed by atoms with van der Waals surface area (Å²) in [5.41, 5.74) is -1.90. The number of phenolic OH excluding ortho intramolecular Hbond substituents is 1. The van der Waals surface area contributed by atoms with Gasteiger partial charge in [0, 0.05) is 43.7 Å². The molecule has 9 nitrogen and oxygen atoms in total. The Morgan fingerprint density at radius 3 is 2.80 bits per heavy atom. The maximum atomic E-state index is 16.7. The van der Waals surface area contributed by atoms with Gasteiger partial charge in [-0.3, -0.25) is 9.69 Å². The number of phenols is 1. The van der Waals surface area contributed by atoms with Crippen molar-refractivity contribution >= 4 is 33.4 Å². The number of carbonyl (C=O) groups is 1. The molecule has 3 aliphatic heterocycles.